The third kappa shape index (κ3) is 5.00. The van der Waals surface area contributed by atoms with Crippen LogP contribution in [0.1, 0.15) is 32.7 Å². The van der Waals surface area contributed by atoms with Crippen molar-refractivity contribution < 1.29 is 22.7 Å². The first-order valence-corrected chi connectivity index (χ1v) is 10.4. The summed E-state index contributed by atoms with van der Waals surface area (Å²) in [6, 6.07) is 13.4. The number of benzene rings is 2. The zero-order chi connectivity index (χ0) is 23.5. The van der Waals surface area contributed by atoms with Crippen LogP contribution in [-0.4, -0.2) is 22.4 Å². The molecule has 1 heterocycles. The molecule has 0 saturated carbocycles. The SMILES string of the molecule is CSc1cccc(NC(=O)c2c(Oc3ccc(C#N)cc3C)nnc(C(F)(F)F)c2C)c1. The average Bonchev–Trinajstić information content (AvgIpc) is 2.74. The Labute approximate surface area is 186 Å². The number of carbonyl (C=O) groups excluding carboxylic acids is 1. The Morgan fingerprint density at radius 3 is 2.53 bits per heavy atom. The predicted octanol–water partition coefficient (Wildman–Crippen LogP) is 5.75. The molecule has 0 bridgehead atoms. The van der Waals surface area contributed by atoms with Crippen LogP contribution in [-0.2, 0) is 6.18 Å². The average molecular weight is 458 g/mol. The van der Waals surface area contributed by atoms with E-state index >= 15 is 0 Å². The second-order valence-corrected chi connectivity index (χ2v) is 7.61. The number of nitrogens with zero attached hydrogens (tertiary/aromatic N) is 3. The van der Waals surface area contributed by atoms with Gasteiger partial charge < -0.3 is 10.1 Å². The molecule has 0 unspecified atom stereocenters. The van der Waals surface area contributed by atoms with E-state index in [0.717, 1.165) is 11.8 Å². The number of hydrogen-bond acceptors (Lipinski definition) is 6. The minimum atomic E-state index is -4.80. The summed E-state index contributed by atoms with van der Waals surface area (Å²) in [6.45, 7) is 2.80. The van der Waals surface area contributed by atoms with E-state index in [1.165, 1.54) is 23.9 Å². The van der Waals surface area contributed by atoms with Crippen molar-refractivity contribution in [3.05, 3.63) is 70.4 Å². The first-order valence-electron chi connectivity index (χ1n) is 9.22. The maximum atomic E-state index is 13.4. The van der Waals surface area contributed by atoms with Crippen LogP contribution in [0.5, 0.6) is 11.6 Å². The number of alkyl halides is 3. The van der Waals surface area contributed by atoms with Crippen molar-refractivity contribution in [2.24, 2.45) is 0 Å². The van der Waals surface area contributed by atoms with Crippen molar-refractivity contribution in [1.29, 1.82) is 5.26 Å². The van der Waals surface area contributed by atoms with Crippen LogP contribution in [0.3, 0.4) is 0 Å². The Kier molecular flexibility index (Phi) is 6.69. The fraction of sp³-hybridized carbons (Fsp3) is 0.182. The van der Waals surface area contributed by atoms with Gasteiger partial charge in [-0.05, 0) is 67.6 Å². The minimum Gasteiger partial charge on any atom is -0.437 e. The molecular formula is C22H17F3N4O2S. The molecule has 0 aliphatic heterocycles. The first-order chi connectivity index (χ1) is 15.1. The van der Waals surface area contributed by atoms with E-state index in [4.69, 9.17) is 10.00 Å². The summed E-state index contributed by atoms with van der Waals surface area (Å²) < 4.78 is 45.9. The van der Waals surface area contributed by atoms with Crippen LogP contribution in [0.15, 0.2) is 47.4 Å². The van der Waals surface area contributed by atoms with Gasteiger partial charge in [0.1, 0.15) is 11.3 Å². The minimum absolute atomic E-state index is 0.232. The Morgan fingerprint density at radius 1 is 1.16 bits per heavy atom. The van der Waals surface area contributed by atoms with E-state index in [1.54, 1.807) is 31.2 Å². The lowest BCUT2D eigenvalue weighted by Gasteiger charge is -2.16. The summed E-state index contributed by atoms with van der Waals surface area (Å²) in [4.78, 5) is 13.9. The summed E-state index contributed by atoms with van der Waals surface area (Å²) >= 11 is 1.45. The Hall–Kier alpha value is -3.58. The molecule has 0 fully saturated rings. The molecule has 32 heavy (non-hydrogen) atoms. The number of aryl methyl sites for hydroxylation is 1. The van der Waals surface area contributed by atoms with E-state index in [2.05, 4.69) is 15.5 Å². The van der Waals surface area contributed by atoms with E-state index in [9.17, 15) is 18.0 Å². The highest BCUT2D eigenvalue weighted by molar-refractivity contribution is 7.98. The summed E-state index contributed by atoms with van der Waals surface area (Å²) in [7, 11) is 0. The van der Waals surface area contributed by atoms with Gasteiger partial charge in [-0.3, -0.25) is 4.79 Å². The number of ether oxygens (including phenoxy) is 1. The highest BCUT2D eigenvalue weighted by atomic mass is 32.2. The highest BCUT2D eigenvalue weighted by Crippen LogP contribution is 2.35. The lowest BCUT2D eigenvalue weighted by atomic mass is 10.1. The van der Waals surface area contributed by atoms with Gasteiger partial charge in [-0.25, -0.2) is 0 Å². The second kappa shape index (κ2) is 9.28. The van der Waals surface area contributed by atoms with Crippen LogP contribution in [0, 0.1) is 25.2 Å². The number of carbonyl (C=O) groups is 1. The van der Waals surface area contributed by atoms with Crippen LogP contribution >= 0.6 is 11.8 Å². The van der Waals surface area contributed by atoms with Gasteiger partial charge in [0, 0.05) is 10.6 Å². The summed E-state index contributed by atoms with van der Waals surface area (Å²) in [5, 5.41) is 18.4. The van der Waals surface area contributed by atoms with Crippen molar-refractivity contribution in [3.8, 4) is 17.7 Å². The Balaban J connectivity index is 2.06. The largest absolute Gasteiger partial charge is 0.437 e. The van der Waals surface area contributed by atoms with Gasteiger partial charge in [-0.1, -0.05) is 6.07 Å². The normalized spacial score (nSPS) is 11.0. The zero-order valence-corrected chi connectivity index (χ0v) is 18.1. The number of thioether (sulfide) groups is 1. The molecule has 6 nitrogen and oxygen atoms in total. The molecule has 0 aliphatic rings. The molecule has 0 aliphatic carbocycles. The number of halogens is 3. The third-order valence-electron chi connectivity index (χ3n) is 4.52. The molecular weight excluding hydrogens is 441 g/mol. The number of nitriles is 1. The smallest absolute Gasteiger partial charge is 0.435 e. The van der Waals surface area contributed by atoms with Crippen LogP contribution in [0.25, 0.3) is 0 Å². The monoisotopic (exact) mass is 458 g/mol. The van der Waals surface area contributed by atoms with Gasteiger partial charge in [0.15, 0.2) is 5.69 Å². The van der Waals surface area contributed by atoms with Gasteiger partial charge in [-0.15, -0.1) is 22.0 Å². The van der Waals surface area contributed by atoms with Gasteiger partial charge in [0.25, 0.3) is 11.8 Å². The molecule has 1 aromatic heterocycles. The van der Waals surface area contributed by atoms with Gasteiger partial charge in [0.05, 0.1) is 11.6 Å². The summed E-state index contributed by atoms with van der Waals surface area (Å²) in [6.07, 6.45) is -2.94. The number of amides is 1. The lowest BCUT2D eigenvalue weighted by Crippen LogP contribution is -2.21. The maximum Gasteiger partial charge on any atom is 0.435 e. The van der Waals surface area contributed by atoms with Crippen molar-refractivity contribution in [2.75, 3.05) is 11.6 Å². The lowest BCUT2D eigenvalue weighted by molar-refractivity contribution is -0.142. The van der Waals surface area contributed by atoms with Crippen LogP contribution < -0.4 is 10.1 Å². The van der Waals surface area contributed by atoms with Crippen LogP contribution in [0.4, 0.5) is 18.9 Å². The molecule has 0 saturated heterocycles. The van der Waals surface area contributed by atoms with E-state index in [1.807, 2.05) is 18.4 Å². The molecule has 0 atom stereocenters. The van der Waals surface area contributed by atoms with Crippen molar-refractivity contribution >= 4 is 23.4 Å². The van der Waals surface area contributed by atoms with Crippen molar-refractivity contribution in [3.63, 3.8) is 0 Å². The van der Waals surface area contributed by atoms with Crippen molar-refractivity contribution in [1.82, 2.24) is 10.2 Å². The third-order valence-corrected chi connectivity index (χ3v) is 5.24. The van der Waals surface area contributed by atoms with E-state index in [-0.39, 0.29) is 17.2 Å². The molecule has 10 heteroatoms. The standard InChI is InChI=1S/C22H17F3N4O2S/c1-12-9-14(11-26)7-8-17(12)31-21-18(13(2)19(28-29-21)22(23,24)25)20(30)27-15-5-4-6-16(10-15)32-3/h4-10H,1-3H3,(H,27,30). The molecule has 0 spiro atoms. The molecule has 3 aromatic rings. The number of nitrogens with one attached hydrogen (secondary N) is 1. The topological polar surface area (TPSA) is 87.9 Å². The fourth-order valence-electron chi connectivity index (χ4n) is 2.94. The summed E-state index contributed by atoms with van der Waals surface area (Å²) in [5.41, 5.74) is -0.729. The maximum absolute atomic E-state index is 13.4. The number of anilines is 1. The zero-order valence-electron chi connectivity index (χ0n) is 17.2. The number of aromatic nitrogens is 2. The second-order valence-electron chi connectivity index (χ2n) is 6.73. The summed E-state index contributed by atoms with van der Waals surface area (Å²) in [5.74, 6) is -0.958. The Bertz CT molecular complexity index is 1220. The fourth-order valence-corrected chi connectivity index (χ4v) is 3.40. The van der Waals surface area contributed by atoms with Gasteiger partial charge in [-0.2, -0.15) is 18.4 Å². The Morgan fingerprint density at radius 2 is 1.91 bits per heavy atom. The quantitative estimate of drug-likeness (QED) is 0.490. The van der Waals surface area contributed by atoms with Gasteiger partial charge >= 0.3 is 6.18 Å². The highest BCUT2D eigenvalue weighted by Gasteiger charge is 2.38. The molecule has 164 valence electrons. The molecule has 0 radical (unpaired) electrons. The number of hydrogen-bond donors (Lipinski definition) is 1. The van der Waals surface area contributed by atoms with E-state index in [0.29, 0.717) is 16.8 Å². The molecule has 3 rings (SSSR count). The predicted molar refractivity (Wildman–Crippen MR) is 114 cm³/mol. The van der Waals surface area contributed by atoms with Crippen molar-refractivity contribution in [2.45, 2.75) is 24.9 Å². The van der Waals surface area contributed by atoms with Crippen LogP contribution in [0.2, 0.25) is 0 Å². The molecule has 1 N–H and O–H groups in total. The first kappa shape index (κ1) is 23.1. The van der Waals surface area contributed by atoms with E-state index < -0.39 is 23.3 Å². The number of rotatable bonds is 5. The molecule has 1 amide bonds. The molecule has 2 aromatic carbocycles. The van der Waals surface area contributed by atoms with Gasteiger partial charge in [0.2, 0.25) is 0 Å².